The normalized spacial score (nSPS) is 12.5. The molecule has 8 heteroatoms. The molecule has 2 heterocycles. The van der Waals surface area contributed by atoms with Gasteiger partial charge in [0, 0.05) is 12.0 Å². The van der Waals surface area contributed by atoms with Crippen LogP contribution in [0.2, 0.25) is 0 Å². The summed E-state index contributed by atoms with van der Waals surface area (Å²) in [5, 5.41) is 19.0. The highest BCUT2D eigenvalue weighted by atomic mass is 16.2. The van der Waals surface area contributed by atoms with E-state index in [9.17, 15) is 4.79 Å². The second-order valence-electron chi connectivity index (χ2n) is 7.74. The van der Waals surface area contributed by atoms with Crippen LogP contribution < -0.4 is 5.69 Å². The summed E-state index contributed by atoms with van der Waals surface area (Å²) < 4.78 is 3.38. The lowest BCUT2D eigenvalue weighted by Crippen LogP contribution is -2.27. The molecule has 0 radical (unpaired) electrons. The van der Waals surface area contributed by atoms with Crippen molar-refractivity contribution in [1.29, 1.82) is 0 Å². The van der Waals surface area contributed by atoms with Crippen molar-refractivity contribution in [2.75, 3.05) is 0 Å². The maximum Gasteiger partial charge on any atom is 0.346 e. The molecule has 0 spiro atoms. The number of hydrogen-bond donors (Lipinski definition) is 1. The zero-order valence-electron chi connectivity index (χ0n) is 18.6. The topological polar surface area (TPSA) is 94.3 Å². The molecule has 0 aliphatic carbocycles. The Labute approximate surface area is 186 Å². The standard InChI is InChI=1S/C24H27N7O/c1-4-6-11-22-27-31(17(3)5-2)24(32)30(22)16-18-12-14-19(15-13-18)20-9-7-8-10-21(20)23-25-28-29-26-23/h4,6-10,12-15,17H,5,11,16H2,1-3H3,(H,25,26,28,29). The minimum Gasteiger partial charge on any atom is -0.274 e. The highest BCUT2D eigenvalue weighted by Gasteiger charge is 2.16. The Morgan fingerprint density at radius 3 is 2.50 bits per heavy atom. The molecular formula is C24H27N7O. The lowest BCUT2D eigenvalue weighted by Gasteiger charge is -2.09. The summed E-state index contributed by atoms with van der Waals surface area (Å²) in [6.45, 7) is 6.54. The van der Waals surface area contributed by atoms with Crippen LogP contribution in [-0.2, 0) is 13.0 Å². The molecule has 0 saturated heterocycles. The van der Waals surface area contributed by atoms with Gasteiger partial charge in [0.15, 0.2) is 0 Å². The second-order valence-corrected chi connectivity index (χ2v) is 7.74. The van der Waals surface area contributed by atoms with Gasteiger partial charge in [-0.15, -0.1) is 10.2 Å². The van der Waals surface area contributed by atoms with Gasteiger partial charge in [-0.2, -0.15) is 10.3 Å². The van der Waals surface area contributed by atoms with Crippen molar-refractivity contribution in [2.24, 2.45) is 0 Å². The van der Waals surface area contributed by atoms with Gasteiger partial charge >= 0.3 is 5.69 Å². The van der Waals surface area contributed by atoms with Crippen molar-refractivity contribution in [3.63, 3.8) is 0 Å². The maximum absolute atomic E-state index is 13.0. The zero-order valence-corrected chi connectivity index (χ0v) is 18.6. The predicted molar refractivity (Wildman–Crippen MR) is 124 cm³/mol. The minimum atomic E-state index is -0.0645. The maximum atomic E-state index is 13.0. The fraction of sp³-hybridized carbons (Fsp3) is 0.292. The third kappa shape index (κ3) is 4.30. The van der Waals surface area contributed by atoms with Crippen LogP contribution in [0.4, 0.5) is 0 Å². The molecule has 4 rings (SSSR count). The molecule has 0 fully saturated rings. The Balaban J connectivity index is 1.65. The number of allylic oxidation sites excluding steroid dienone is 2. The second kappa shape index (κ2) is 9.55. The molecule has 2 aromatic heterocycles. The first-order valence-corrected chi connectivity index (χ1v) is 10.8. The average molecular weight is 430 g/mol. The van der Waals surface area contributed by atoms with Gasteiger partial charge in [-0.1, -0.05) is 67.6 Å². The SMILES string of the molecule is CC=CCc1nn(C(C)CC)c(=O)n1Cc1ccc(-c2ccccc2-c2nn[nH]n2)cc1. The highest BCUT2D eigenvalue weighted by Crippen LogP contribution is 2.29. The molecule has 164 valence electrons. The van der Waals surface area contributed by atoms with Gasteiger partial charge in [0.2, 0.25) is 5.82 Å². The van der Waals surface area contributed by atoms with Gasteiger partial charge in [-0.3, -0.25) is 4.57 Å². The molecule has 32 heavy (non-hydrogen) atoms. The van der Waals surface area contributed by atoms with Crippen LogP contribution >= 0.6 is 0 Å². The third-order valence-electron chi connectivity index (χ3n) is 5.63. The van der Waals surface area contributed by atoms with Crippen LogP contribution in [0.1, 0.15) is 44.6 Å². The van der Waals surface area contributed by atoms with Gasteiger partial charge in [-0.05, 0) is 42.2 Å². The Bertz CT molecular complexity index is 1250. The van der Waals surface area contributed by atoms with E-state index in [1.807, 2.05) is 50.3 Å². The van der Waals surface area contributed by atoms with Crippen LogP contribution in [0.15, 0.2) is 65.5 Å². The number of nitrogens with one attached hydrogen (secondary N) is 1. The number of rotatable bonds is 8. The molecule has 8 nitrogen and oxygen atoms in total. The molecule has 0 amide bonds. The van der Waals surface area contributed by atoms with Crippen molar-refractivity contribution >= 4 is 0 Å². The molecule has 1 N–H and O–H groups in total. The Morgan fingerprint density at radius 2 is 1.84 bits per heavy atom. The number of hydrogen-bond acceptors (Lipinski definition) is 5. The monoisotopic (exact) mass is 429 g/mol. The highest BCUT2D eigenvalue weighted by molar-refractivity contribution is 5.80. The smallest absolute Gasteiger partial charge is 0.274 e. The quantitative estimate of drug-likeness (QED) is 0.427. The first-order chi connectivity index (χ1) is 15.6. The lowest BCUT2D eigenvalue weighted by molar-refractivity contribution is 0.456. The van der Waals surface area contributed by atoms with E-state index in [0.717, 1.165) is 34.5 Å². The van der Waals surface area contributed by atoms with Crippen LogP contribution in [0.3, 0.4) is 0 Å². The Hall–Kier alpha value is -3.81. The molecule has 0 bridgehead atoms. The number of H-pyrrole nitrogens is 1. The summed E-state index contributed by atoms with van der Waals surface area (Å²) in [7, 11) is 0. The summed E-state index contributed by atoms with van der Waals surface area (Å²) >= 11 is 0. The van der Waals surface area contributed by atoms with E-state index in [0.29, 0.717) is 18.8 Å². The van der Waals surface area contributed by atoms with Crippen LogP contribution in [0.5, 0.6) is 0 Å². The molecule has 2 aromatic carbocycles. The van der Waals surface area contributed by atoms with Gasteiger partial charge in [0.1, 0.15) is 5.82 Å². The number of nitrogens with zero attached hydrogens (tertiary/aromatic N) is 6. The van der Waals surface area contributed by atoms with Crippen molar-refractivity contribution in [3.8, 4) is 22.5 Å². The van der Waals surface area contributed by atoms with E-state index in [2.05, 4.69) is 56.9 Å². The predicted octanol–water partition coefficient (Wildman–Crippen LogP) is 4.03. The van der Waals surface area contributed by atoms with Crippen LogP contribution in [-0.4, -0.2) is 35.0 Å². The van der Waals surface area contributed by atoms with E-state index in [1.54, 1.807) is 9.25 Å². The first-order valence-electron chi connectivity index (χ1n) is 10.8. The third-order valence-corrected chi connectivity index (χ3v) is 5.63. The summed E-state index contributed by atoms with van der Waals surface area (Å²) in [5.74, 6) is 1.34. The Morgan fingerprint density at radius 1 is 1.09 bits per heavy atom. The van der Waals surface area contributed by atoms with Crippen LogP contribution in [0, 0.1) is 0 Å². The van der Waals surface area contributed by atoms with E-state index in [1.165, 1.54) is 0 Å². The van der Waals surface area contributed by atoms with E-state index < -0.39 is 0 Å². The molecule has 0 aliphatic rings. The van der Waals surface area contributed by atoms with Crippen molar-refractivity contribution < 1.29 is 0 Å². The molecule has 0 saturated carbocycles. The number of tetrazole rings is 1. The summed E-state index contributed by atoms with van der Waals surface area (Å²) in [4.78, 5) is 13.0. The van der Waals surface area contributed by atoms with Gasteiger partial charge in [0.05, 0.1) is 12.6 Å². The van der Waals surface area contributed by atoms with E-state index in [-0.39, 0.29) is 11.7 Å². The van der Waals surface area contributed by atoms with Crippen molar-refractivity contribution in [1.82, 2.24) is 35.0 Å². The number of aromatic amines is 1. The molecule has 4 aromatic rings. The Kier molecular flexibility index (Phi) is 6.39. The summed E-state index contributed by atoms with van der Waals surface area (Å²) in [6.07, 6.45) is 5.49. The fourth-order valence-electron chi connectivity index (χ4n) is 3.63. The average Bonchev–Trinajstić information content (AvgIpc) is 3.47. The van der Waals surface area contributed by atoms with E-state index >= 15 is 0 Å². The molecule has 1 unspecified atom stereocenters. The minimum absolute atomic E-state index is 0.0645. The molecular weight excluding hydrogens is 402 g/mol. The number of benzene rings is 2. The largest absolute Gasteiger partial charge is 0.346 e. The number of aromatic nitrogens is 7. The summed E-state index contributed by atoms with van der Waals surface area (Å²) in [6, 6.07) is 16.2. The fourth-order valence-corrected chi connectivity index (χ4v) is 3.63. The van der Waals surface area contributed by atoms with Crippen LogP contribution in [0.25, 0.3) is 22.5 Å². The van der Waals surface area contributed by atoms with Gasteiger partial charge < -0.3 is 0 Å². The summed E-state index contributed by atoms with van der Waals surface area (Å²) in [5.41, 5.74) is 3.96. The first kappa shape index (κ1) is 21.4. The lowest BCUT2D eigenvalue weighted by atomic mass is 9.98. The van der Waals surface area contributed by atoms with Gasteiger partial charge in [0.25, 0.3) is 0 Å². The molecule has 1 atom stereocenters. The van der Waals surface area contributed by atoms with Gasteiger partial charge in [-0.25, -0.2) is 9.48 Å². The van der Waals surface area contributed by atoms with Crippen molar-refractivity contribution in [2.45, 2.75) is 46.2 Å². The van der Waals surface area contributed by atoms with Crippen molar-refractivity contribution in [3.05, 3.63) is 82.6 Å². The van der Waals surface area contributed by atoms with E-state index in [4.69, 9.17) is 0 Å². The zero-order chi connectivity index (χ0) is 22.5. The molecule has 0 aliphatic heterocycles.